The molecule has 0 aromatic heterocycles. The number of carbonyl (C=O) groups is 1. The number of hydrogen-bond donors (Lipinski definition) is 1. The molecule has 5 heteroatoms. The fraction of sp³-hybridized carbons (Fsp3) is 0.909. The molecule has 1 N–H and O–H groups in total. The molecule has 2 heterocycles. The summed E-state index contributed by atoms with van der Waals surface area (Å²) in [5, 5.41) is 3.23. The molecule has 0 saturated carbocycles. The van der Waals surface area contributed by atoms with Crippen LogP contribution in [0.5, 0.6) is 0 Å². The van der Waals surface area contributed by atoms with Gasteiger partial charge in [-0.3, -0.25) is 4.79 Å². The molecule has 3 atom stereocenters. The molecule has 0 spiro atoms. The van der Waals surface area contributed by atoms with Gasteiger partial charge in [-0.2, -0.15) is 0 Å². The lowest BCUT2D eigenvalue weighted by Gasteiger charge is -2.20. The molecule has 0 unspecified atom stereocenters. The molecule has 16 heavy (non-hydrogen) atoms. The van der Waals surface area contributed by atoms with Crippen molar-refractivity contribution in [1.29, 1.82) is 0 Å². The average Bonchev–Trinajstić information content (AvgIpc) is 2.96. The quantitative estimate of drug-likeness (QED) is 0.715. The van der Waals surface area contributed by atoms with Crippen LogP contribution in [0.1, 0.15) is 12.8 Å². The number of methoxy groups -OCH3 is 2. The van der Waals surface area contributed by atoms with Gasteiger partial charge in [0.05, 0.1) is 6.04 Å². The minimum atomic E-state index is 0.00751. The summed E-state index contributed by atoms with van der Waals surface area (Å²) < 4.78 is 10.6. The van der Waals surface area contributed by atoms with Crippen LogP contribution < -0.4 is 5.32 Å². The SMILES string of the molecule is CO[C@@H]1CN(C(=O)[C@H]2CCCN2)C[C@H]1OC. The Balaban J connectivity index is 1.93. The van der Waals surface area contributed by atoms with Gasteiger partial charge in [0, 0.05) is 27.3 Å². The highest BCUT2D eigenvalue weighted by molar-refractivity contribution is 5.82. The van der Waals surface area contributed by atoms with Crippen LogP contribution in [0.4, 0.5) is 0 Å². The molecule has 2 saturated heterocycles. The third-order valence-electron chi connectivity index (χ3n) is 3.49. The van der Waals surface area contributed by atoms with Crippen LogP contribution in [0, 0.1) is 0 Å². The summed E-state index contributed by atoms with van der Waals surface area (Å²) in [6, 6.07) is 0.00751. The number of rotatable bonds is 3. The van der Waals surface area contributed by atoms with Gasteiger partial charge in [-0.15, -0.1) is 0 Å². The first-order valence-electron chi connectivity index (χ1n) is 5.84. The summed E-state index contributed by atoms with van der Waals surface area (Å²) in [7, 11) is 3.33. The largest absolute Gasteiger partial charge is 0.377 e. The maximum absolute atomic E-state index is 12.1. The Labute approximate surface area is 96.1 Å². The number of ether oxygens (including phenoxy) is 2. The van der Waals surface area contributed by atoms with Gasteiger partial charge in [0.1, 0.15) is 12.2 Å². The van der Waals surface area contributed by atoms with E-state index in [0.29, 0.717) is 13.1 Å². The first kappa shape index (κ1) is 11.8. The van der Waals surface area contributed by atoms with Crippen molar-refractivity contribution in [3.8, 4) is 0 Å². The van der Waals surface area contributed by atoms with Crippen LogP contribution >= 0.6 is 0 Å². The van der Waals surface area contributed by atoms with Crippen molar-refractivity contribution in [1.82, 2.24) is 10.2 Å². The number of carbonyl (C=O) groups excluding carboxylic acids is 1. The van der Waals surface area contributed by atoms with Gasteiger partial charge in [0.2, 0.25) is 5.91 Å². The van der Waals surface area contributed by atoms with Crippen molar-refractivity contribution in [2.24, 2.45) is 0 Å². The van der Waals surface area contributed by atoms with Crippen molar-refractivity contribution in [3.05, 3.63) is 0 Å². The number of hydrogen-bond acceptors (Lipinski definition) is 4. The normalized spacial score (nSPS) is 34.6. The molecular weight excluding hydrogens is 208 g/mol. The lowest BCUT2D eigenvalue weighted by Crippen LogP contribution is -2.43. The third kappa shape index (κ3) is 2.21. The van der Waals surface area contributed by atoms with Crippen LogP contribution in [0.15, 0.2) is 0 Å². The summed E-state index contributed by atoms with van der Waals surface area (Å²) in [4.78, 5) is 14.0. The van der Waals surface area contributed by atoms with E-state index >= 15 is 0 Å². The third-order valence-corrected chi connectivity index (χ3v) is 3.49. The minimum Gasteiger partial charge on any atom is -0.377 e. The minimum absolute atomic E-state index is 0.00751. The average molecular weight is 228 g/mol. The predicted octanol–water partition coefficient (Wildman–Crippen LogP) is -0.389. The number of nitrogens with zero attached hydrogens (tertiary/aromatic N) is 1. The van der Waals surface area contributed by atoms with Crippen molar-refractivity contribution >= 4 is 5.91 Å². The monoisotopic (exact) mass is 228 g/mol. The standard InChI is InChI=1S/C11H20N2O3/c1-15-9-6-13(7-10(9)16-2)11(14)8-4-3-5-12-8/h8-10,12H,3-7H2,1-2H3/t8-,9-,10-/m1/s1. The Kier molecular flexibility index (Phi) is 3.78. The predicted molar refractivity (Wildman–Crippen MR) is 59.2 cm³/mol. The summed E-state index contributed by atoms with van der Waals surface area (Å²) in [5.41, 5.74) is 0. The molecule has 0 bridgehead atoms. The second-order valence-electron chi connectivity index (χ2n) is 4.44. The van der Waals surface area contributed by atoms with Gasteiger partial charge >= 0.3 is 0 Å². The van der Waals surface area contributed by atoms with Gasteiger partial charge in [-0.05, 0) is 19.4 Å². The molecule has 5 nitrogen and oxygen atoms in total. The van der Waals surface area contributed by atoms with Crippen molar-refractivity contribution < 1.29 is 14.3 Å². The lowest BCUT2D eigenvalue weighted by atomic mass is 10.2. The second-order valence-corrected chi connectivity index (χ2v) is 4.44. The summed E-state index contributed by atoms with van der Waals surface area (Å²) >= 11 is 0. The molecule has 0 aliphatic carbocycles. The van der Waals surface area contributed by atoms with E-state index in [4.69, 9.17) is 9.47 Å². The summed E-state index contributed by atoms with van der Waals surface area (Å²) in [6.45, 7) is 2.24. The molecule has 0 radical (unpaired) electrons. The smallest absolute Gasteiger partial charge is 0.239 e. The van der Waals surface area contributed by atoms with E-state index in [9.17, 15) is 4.79 Å². The lowest BCUT2D eigenvalue weighted by molar-refractivity contribution is -0.132. The Hall–Kier alpha value is -0.650. The van der Waals surface area contributed by atoms with E-state index < -0.39 is 0 Å². The Morgan fingerprint density at radius 3 is 2.31 bits per heavy atom. The summed E-state index contributed by atoms with van der Waals surface area (Å²) in [5.74, 6) is 0.194. The van der Waals surface area contributed by atoms with E-state index in [1.165, 1.54) is 0 Å². The number of nitrogens with one attached hydrogen (secondary N) is 1. The van der Waals surface area contributed by atoms with Gasteiger partial charge < -0.3 is 19.7 Å². The molecule has 0 aromatic carbocycles. The van der Waals surface area contributed by atoms with Crippen molar-refractivity contribution in [3.63, 3.8) is 0 Å². The van der Waals surface area contributed by atoms with Gasteiger partial charge in [-0.25, -0.2) is 0 Å². The molecule has 0 aromatic rings. The second kappa shape index (κ2) is 5.12. The fourth-order valence-electron chi connectivity index (χ4n) is 2.49. The van der Waals surface area contributed by atoms with Crippen LogP contribution in [0.25, 0.3) is 0 Å². The van der Waals surface area contributed by atoms with Gasteiger partial charge in [-0.1, -0.05) is 0 Å². The topological polar surface area (TPSA) is 50.8 Å². The molecule has 2 aliphatic rings. The molecule has 1 amide bonds. The molecule has 92 valence electrons. The zero-order valence-corrected chi connectivity index (χ0v) is 9.94. The Bertz CT molecular complexity index is 242. The zero-order chi connectivity index (χ0) is 11.5. The summed E-state index contributed by atoms with van der Waals surface area (Å²) in [6.07, 6.45) is 2.06. The highest BCUT2D eigenvalue weighted by atomic mass is 16.5. The highest BCUT2D eigenvalue weighted by Gasteiger charge is 2.38. The molecule has 2 aliphatic heterocycles. The first-order chi connectivity index (χ1) is 7.76. The van der Waals surface area contributed by atoms with Crippen LogP contribution in [0.3, 0.4) is 0 Å². The van der Waals surface area contributed by atoms with Crippen molar-refractivity contribution in [2.45, 2.75) is 31.1 Å². The number of likely N-dealkylation sites (tertiary alicyclic amines) is 1. The maximum atomic E-state index is 12.1. The fourth-order valence-corrected chi connectivity index (χ4v) is 2.49. The van der Waals surface area contributed by atoms with E-state index in [1.54, 1.807) is 14.2 Å². The highest BCUT2D eigenvalue weighted by Crippen LogP contribution is 2.18. The van der Waals surface area contributed by atoms with E-state index in [-0.39, 0.29) is 24.2 Å². The van der Waals surface area contributed by atoms with Crippen LogP contribution in [0.2, 0.25) is 0 Å². The Morgan fingerprint density at radius 1 is 1.25 bits per heavy atom. The zero-order valence-electron chi connectivity index (χ0n) is 9.94. The van der Waals surface area contributed by atoms with Crippen LogP contribution in [-0.2, 0) is 14.3 Å². The van der Waals surface area contributed by atoms with E-state index in [2.05, 4.69) is 5.32 Å². The maximum Gasteiger partial charge on any atom is 0.239 e. The Morgan fingerprint density at radius 2 is 1.88 bits per heavy atom. The van der Waals surface area contributed by atoms with Crippen molar-refractivity contribution in [2.75, 3.05) is 33.9 Å². The molecule has 2 rings (SSSR count). The number of amides is 1. The van der Waals surface area contributed by atoms with E-state index in [0.717, 1.165) is 19.4 Å². The molecule has 2 fully saturated rings. The first-order valence-corrected chi connectivity index (χ1v) is 5.84. The van der Waals surface area contributed by atoms with Gasteiger partial charge in [0.25, 0.3) is 0 Å². The van der Waals surface area contributed by atoms with Gasteiger partial charge in [0.15, 0.2) is 0 Å². The van der Waals surface area contributed by atoms with Crippen LogP contribution in [-0.4, -0.2) is 62.9 Å². The van der Waals surface area contributed by atoms with E-state index in [1.807, 2.05) is 4.90 Å². The molecular formula is C11H20N2O3.